The van der Waals surface area contributed by atoms with Crippen LogP contribution in [0.25, 0.3) is 88.1 Å². The second kappa shape index (κ2) is 45.7. The molecule has 20 rings (SSSR count). The van der Waals surface area contributed by atoms with Crippen molar-refractivity contribution in [3.63, 3.8) is 0 Å². The number of hydrogen-bond donors (Lipinski definition) is 8. The number of hydrogen-bond acceptors (Lipinski definition) is 12. The molecule has 8 heterocycles. The van der Waals surface area contributed by atoms with E-state index in [1.54, 1.807) is 18.7 Å². The summed E-state index contributed by atoms with van der Waals surface area (Å²) in [6, 6.07) is 86.7. The minimum atomic E-state index is -0.484. The molecule has 8 N–H and O–H groups in total. The molecule has 8 atom stereocenters. The Morgan fingerprint density at radius 3 is 0.653 bits per heavy atom. The summed E-state index contributed by atoms with van der Waals surface area (Å²) in [4.78, 5) is 69.0. The van der Waals surface area contributed by atoms with Crippen molar-refractivity contribution in [2.75, 3.05) is 0 Å². The number of aryl methyl sites for hydroxylation is 8. The number of nitrogens with one attached hydrogen (secondary N) is 8. The summed E-state index contributed by atoms with van der Waals surface area (Å²) in [5, 5.41) is 38.1. The molecule has 8 aromatic heterocycles. The van der Waals surface area contributed by atoms with Crippen LogP contribution in [0.2, 0.25) is 20.1 Å². The molecule has 0 radical (unpaired) electrons. The van der Waals surface area contributed by atoms with Gasteiger partial charge in [-0.2, -0.15) is 20.4 Å². The molecule has 0 aliphatic heterocycles. The average molecular weight is 1990 g/mol. The van der Waals surface area contributed by atoms with Crippen molar-refractivity contribution in [3.05, 3.63) is 450 Å². The number of rotatable bonds is 32. The Bertz CT molecular complexity index is 7000. The van der Waals surface area contributed by atoms with Gasteiger partial charge in [-0.1, -0.05) is 265 Å². The van der Waals surface area contributed by atoms with Gasteiger partial charge in [-0.15, -0.1) is 0 Å². The highest BCUT2D eigenvalue weighted by molar-refractivity contribution is 6.32. The van der Waals surface area contributed by atoms with Crippen LogP contribution in [0.3, 0.4) is 0 Å². The third-order valence-corrected chi connectivity index (χ3v) is 27.7. The number of fused-ring (bicyclic) bond motifs is 4. The van der Waals surface area contributed by atoms with Crippen molar-refractivity contribution in [2.45, 2.75) is 129 Å². The fraction of sp³-hybridized carbons (Fsp3) is 0.200. The maximum Gasteiger partial charge on any atom is 0.186 e. The first-order valence-corrected chi connectivity index (χ1v) is 49.9. The van der Waals surface area contributed by atoms with Gasteiger partial charge < -0.3 is 41.2 Å². The predicted octanol–water partition coefficient (Wildman–Crippen LogP) is 26.7. The molecule has 24 heteroatoms. The van der Waals surface area contributed by atoms with Gasteiger partial charge in [0.15, 0.2) is 23.1 Å². The first-order chi connectivity index (χ1) is 69.5. The molecule has 0 fully saturated rings. The second-order valence-electron chi connectivity index (χ2n) is 37.8. The Labute approximate surface area is 859 Å². The number of aromatic amines is 4. The van der Waals surface area contributed by atoms with Crippen LogP contribution in [-0.4, -0.2) is 106 Å². The summed E-state index contributed by atoms with van der Waals surface area (Å²) in [6.45, 7) is 16.5. The summed E-state index contributed by atoms with van der Waals surface area (Å²) in [7, 11) is 7.60. The van der Waals surface area contributed by atoms with Crippen LogP contribution in [0.15, 0.2) is 341 Å². The molecule has 144 heavy (non-hydrogen) atoms. The van der Waals surface area contributed by atoms with Crippen LogP contribution in [0.5, 0.6) is 0 Å². The lowest BCUT2D eigenvalue weighted by atomic mass is 9.95. The molecule has 12 aromatic carbocycles. The van der Waals surface area contributed by atoms with Crippen LogP contribution < -0.4 is 21.3 Å². The van der Waals surface area contributed by atoms with Crippen molar-refractivity contribution in [1.82, 2.24) is 80.3 Å². The number of nitrogens with zero attached hydrogens (tertiary/aromatic N) is 8. The predicted molar refractivity (Wildman–Crippen MR) is 586 cm³/mol. The number of carbonyl (C=O) groups excluding carboxylic acids is 4. The summed E-state index contributed by atoms with van der Waals surface area (Å²) in [5.41, 5.74) is 27.3. The first kappa shape index (κ1) is 101. The van der Waals surface area contributed by atoms with Gasteiger partial charge in [0.2, 0.25) is 0 Å². The summed E-state index contributed by atoms with van der Waals surface area (Å²) < 4.78 is 7.13. The lowest BCUT2D eigenvalue weighted by molar-refractivity contribution is 0.0931. The monoisotopic (exact) mass is 1980 g/mol. The molecule has 0 saturated heterocycles. The maximum atomic E-state index is 14.0. The highest BCUT2D eigenvalue weighted by atomic mass is 35.5. The molecular weight excluding hydrogens is 1870 g/mol. The SMILES string of the molecule is Cc1ccc(C[C@@H](C)N[C@@H](C(=O)c2c[nH]c3cc(-c4cnn(C)c4)ccc23)c2ccccc2)c(Cl)c1.Cc1ccc(C[C@@H](C)N[C@H](C(=O)c2c[nH]c3cc(-c4cnn(C)c4)ccc23)c2ccccc2)c(Cl)c1.Cc1ccc(C[C@H](C)N[C@@H](C(=O)c2c[nH]c3cc(-c4cnn(C)c4)ccc23)c2ccccc2)c(Cl)c1.Cc1ccc(C[C@H](C)N[C@H](C(=O)c2c[nH]c3cc(-c4cnn(C)c4)ccc23)c2ccccc2)c(Cl)c1. The van der Waals surface area contributed by atoms with E-state index in [0.717, 1.165) is 201 Å². The number of halogens is 4. The van der Waals surface area contributed by atoms with Gasteiger partial charge in [0.25, 0.3) is 0 Å². The third kappa shape index (κ3) is 24.3. The van der Waals surface area contributed by atoms with E-state index in [1.807, 2.05) is 324 Å². The van der Waals surface area contributed by atoms with E-state index in [4.69, 9.17) is 46.4 Å². The van der Waals surface area contributed by atoms with E-state index < -0.39 is 24.2 Å². The molecule has 728 valence electrons. The Morgan fingerprint density at radius 2 is 0.472 bits per heavy atom. The molecule has 0 aliphatic rings. The van der Waals surface area contributed by atoms with Crippen LogP contribution in [-0.2, 0) is 53.9 Å². The summed E-state index contributed by atoms with van der Waals surface area (Å²) in [5.74, 6) is 0.124. The zero-order valence-electron chi connectivity index (χ0n) is 82.5. The van der Waals surface area contributed by atoms with Gasteiger partial charge in [0, 0.05) is 210 Å². The van der Waals surface area contributed by atoms with E-state index in [2.05, 4.69) is 162 Å². The van der Waals surface area contributed by atoms with Gasteiger partial charge in [-0.05, 0) is 219 Å². The average Bonchev–Trinajstić information content (AvgIpc) is 1.61. The summed E-state index contributed by atoms with van der Waals surface area (Å²) >= 11 is 26.0. The van der Waals surface area contributed by atoms with E-state index in [1.165, 1.54) is 0 Å². The fourth-order valence-corrected chi connectivity index (χ4v) is 20.0. The molecule has 0 spiro atoms. The van der Waals surface area contributed by atoms with Gasteiger partial charge in [0.05, 0.1) is 49.0 Å². The standard InChI is InChI=1S/4C30H29ClN4O/c4*1-19-9-10-23(27(31)13-19)14-20(2)34-29(21-7-5-4-6-8-21)30(36)26-17-32-28-15-22(11-12-25(26)28)24-16-33-35(3)18-24/h4*4-13,15-18,20,29,32,34H,14H2,1-3H3/t2*20-,29+;2*20-,29-/m1010/s1. The van der Waals surface area contributed by atoms with Crippen molar-refractivity contribution in [1.29, 1.82) is 0 Å². The second-order valence-corrected chi connectivity index (χ2v) is 39.4. The highest BCUT2D eigenvalue weighted by Crippen LogP contribution is 2.38. The quantitative estimate of drug-likeness (QED) is 0.0183. The van der Waals surface area contributed by atoms with E-state index >= 15 is 0 Å². The third-order valence-electron chi connectivity index (χ3n) is 26.3. The molecule has 0 amide bonds. The van der Waals surface area contributed by atoms with E-state index in [9.17, 15) is 19.2 Å². The lowest BCUT2D eigenvalue weighted by Crippen LogP contribution is -2.36. The Balaban J connectivity index is 0.000000132. The molecule has 20 aromatic rings. The van der Waals surface area contributed by atoms with Gasteiger partial charge in [-0.25, -0.2) is 0 Å². The maximum absolute atomic E-state index is 14.0. The lowest BCUT2D eigenvalue weighted by Gasteiger charge is -2.23. The fourth-order valence-electron chi connectivity index (χ4n) is 18.8. The highest BCUT2D eigenvalue weighted by Gasteiger charge is 2.32. The molecule has 0 bridgehead atoms. The zero-order valence-corrected chi connectivity index (χ0v) is 85.5. The Morgan fingerprint density at radius 1 is 0.271 bits per heavy atom. The van der Waals surface area contributed by atoms with E-state index in [0.29, 0.717) is 22.3 Å². The smallest absolute Gasteiger partial charge is 0.186 e. The van der Waals surface area contributed by atoms with E-state index in [-0.39, 0.29) is 47.3 Å². The minimum Gasteiger partial charge on any atom is -0.360 e. The van der Waals surface area contributed by atoms with Crippen molar-refractivity contribution in [2.24, 2.45) is 28.2 Å². The zero-order chi connectivity index (χ0) is 101. The minimum absolute atomic E-state index is 0.0294. The molecule has 20 nitrogen and oxygen atoms in total. The van der Waals surface area contributed by atoms with Crippen LogP contribution in [0, 0.1) is 27.7 Å². The molecule has 0 saturated carbocycles. The van der Waals surface area contributed by atoms with Gasteiger partial charge >= 0.3 is 0 Å². The van der Waals surface area contributed by atoms with Crippen LogP contribution in [0.1, 0.15) is 160 Å². The summed E-state index contributed by atoms with van der Waals surface area (Å²) in [6.07, 6.45) is 25.4. The van der Waals surface area contributed by atoms with Crippen LogP contribution in [0.4, 0.5) is 0 Å². The molecule has 0 aliphatic carbocycles. The Hall–Kier alpha value is -14.7. The molecule has 0 unspecified atom stereocenters. The number of H-pyrrole nitrogens is 4. The largest absolute Gasteiger partial charge is 0.360 e. The number of benzene rings is 12. The van der Waals surface area contributed by atoms with Gasteiger partial charge in [0.1, 0.15) is 0 Å². The van der Waals surface area contributed by atoms with Gasteiger partial charge in [-0.3, -0.25) is 37.9 Å². The van der Waals surface area contributed by atoms with Crippen LogP contribution >= 0.6 is 46.4 Å². The Kier molecular flexibility index (Phi) is 32.0. The van der Waals surface area contributed by atoms with Crippen molar-refractivity contribution in [3.8, 4) is 44.5 Å². The number of ketones is 4. The van der Waals surface area contributed by atoms with Crippen molar-refractivity contribution < 1.29 is 19.2 Å². The number of Topliss-reactive ketones (excluding diaryl/α,β-unsaturated/α-hetero) is 4. The first-order valence-electron chi connectivity index (χ1n) is 48.4. The number of aromatic nitrogens is 12. The van der Waals surface area contributed by atoms with Crippen molar-refractivity contribution >= 4 is 113 Å². The topological polar surface area (TPSA) is 251 Å². The molecular formula is C120H116Cl4N16O4. The normalized spacial score (nSPS) is 13.1. The number of carbonyl (C=O) groups is 4.